The van der Waals surface area contributed by atoms with E-state index in [1.54, 1.807) is 0 Å². The van der Waals surface area contributed by atoms with Gasteiger partial charge in [0, 0.05) is 12.1 Å². The fourth-order valence-corrected chi connectivity index (χ4v) is 2.68. The summed E-state index contributed by atoms with van der Waals surface area (Å²) in [6, 6.07) is 2.96. The van der Waals surface area contributed by atoms with Gasteiger partial charge >= 0.3 is 5.97 Å². The molecular weight excluding hydrogens is 258 g/mol. The first-order valence-electron chi connectivity index (χ1n) is 6.88. The Morgan fingerprint density at radius 1 is 1.35 bits per heavy atom. The predicted octanol–water partition coefficient (Wildman–Crippen LogP) is 2.93. The Balaban J connectivity index is 2.25. The zero-order valence-electron chi connectivity index (χ0n) is 11.9. The third kappa shape index (κ3) is 3.15. The summed E-state index contributed by atoms with van der Waals surface area (Å²) < 4.78 is 11.2. The number of hydrogen-bond donors (Lipinski definition) is 2. The number of benzene rings is 1. The van der Waals surface area contributed by atoms with Crippen LogP contribution < -0.4 is 15.2 Å². The molecule has 0 heterocycles. The second kappa shape index (κ2) is 6.03. The van der Waals surface area contributed by atoms with E-state index in [1.165, 1.54) is 25.7 Å². The van der Waals surface area contributed by atoms with Crippen LogP contribution in [0.5, 0.6) is 11.5 Å². The second-order valence-electron chi connectivity index (χ2n) is 5.41. The van der Waals surface area contributed by atoms with Crippen LogP contribution in [-0.2, 0) is 0 Å². The minimum Gasteiger partial charge on any atom is -0.493 e. The summed E-state index contributed by atoms with van der Waals surface area (Å²) in [4.78, 5) is 11.1. The molecule has 3 N–H and O–H groups in total. The molecule has 110 valence electrons. The lowest BCUT2D eigenvalue weighted by Crippen LogP contribution is -2.24. The van der Waals surface area contributed by atoms with Crippen LogP contribution in [0.4, 0.5) is 5.69 Å². The van der Waals surface area contributed by atoms with Crippen LogP contribution in [0.25, 0.3) is 0 Å². The number of nitrogens with two attached hydrogens (primary N) is 1. The van der Waals surface area contributed by atoms with Gasteiger partial charge in [0.05, 0.1) is 24.5 Å². The van der Waals surface area contributed by atoms with E-state index in [0.29, 0.717) is 17.4 Å². The Labute approximate surface area is 118 Å². The molecule has 1 aromatic rings. The summed E-state index contributed by atoms with van der Waals surface area (Å²) in [7, 11) is 1.52. The summed E-state index contributed by atoms with van der Waals surface area (Å²) in [5.41, 5.74) is 5.93. The maximum atomic E-state index is 11.1. The van der Waals surface area contributed by atoms with Crippen LogP contribution in [0.1, 0.15) is 43.0 Å². The molecule has 0 bridgehead atoms. The fourth-order valence-electron chi connectivity index (χ4n) is 2.68. The lowest BCUT2D eigenvalue weighted by molar-refractivity contribution is 0.0696. The highest BCUT2D eigenvalue weighted by atomic mass is 16.5. The van der Waals surface area contributed by atoms with Crippen molar-refractivity contribution in [3.8, 4) is 11.5 Å². The van der Waals surface area contributed by atoms with Gasteiger partial charge in [-0.05, 0) is 25.2 Å². The maximum absolute atomic E-state index is 11.1. The first-order chi connectivity index (χ1) is 9.51. The molecule has 2 atom stereocenters. The van der Waals surface area contributed by atoms with Gasteiger partial charge in [0.1, 0.15) is 0 Å². The number of nitrogen functional groups attached to an aromatic ring is 1. The average molecular weight is 279 g/mol. The molecule has 1 aliphatic rings. The number of carboxylic acids is 1. The molecule has 1 saturated carbocycles. The minimum atomic E-state index is -1.06. The molecule has 0 saturated heterocycles. The van der Waals surface area contributed by atoms with Gasteiger partial charge in [0.15, 0.2) is 11.5 Å². The predicted molar refractivity (Wildman–Crippen MR) is 76.4 cm³/mol. The molecule has 0 aromatic heterocycles. The van der Waals surface area contributed by atoms with Crippen molar-refractivity contribution in [1.82, 2.24) is 0 Å². The molecule has 5 heteroatoms. The molecule has 2 rings (SSSR count). The Kier molecular flexibility index (Phi) is 4.37. The van der Waals surface area contributed by atoms with Crippen molar-refractivity contribution in [3.05, 3.63) is 17.7 Å². The van der Waals surface area contributed by atoms with E-state index in [9.17, 15) is 4.79 Å². The highest BCUT2D eigenvalue weighted by Crippen LogP contribution is 2.35. The standard InChI is InChI=1S/C15H21NO4/c1-9-4-3-5-10(6-9)20-14-7-11(15(17)18)12(16)8-13(14)19-2/h7-10H,3-6,16H2,1-2H3,(H,17,18). The van der Waals surface area contributed by atoms with Crippen LogP contribution in [0, 0.1) is 5.92 Å². The zero-order chi connectivity index (χ0) is 14.7. The van der Waals surface area contributed by atoms with E-state index in [0.717, 1.165) is 19.3 Å². The van der Waals surface area contributed by atoms with Crippen molar-refractivity contribution >= 4 is 11.7 Å². The summed E-state index contributed by atoms with van der Waals surface area (Å²) in [6.45, 7) is 2.21. The topological polar surface area (TPSA) is 81.8 Å². The Bertz CT molecular complexity index is 501. The second-order valence-corrected chi connectivity index (χ2v) is 5.41. The van der Waals surface area contributed by atoms with Crippen molar-refractivity contribution in [1.29, 1.82) is 0 Å². The molecular formula is C15H21NO4. The molecule has 20 heavy (non-hydrogen) atoms. The molecule has 1 aliphatic carbocycles. The monoisotopic (exact) mass is 279 g/mol. The van der Waals surface area contributed by atoms with Gasteiger partial charge in [-0.3, -0.25) is 0 Å². The molecule has 5 nitrogen and oxygen atoms in total. The fraction of sp³-hybridized carbons (Fsp3) is 0.533. The van der Waals surface area contributed by atoms with E-state index in [-0.39, 0.29) is 17.4 Å². The van der Waals surface area contributed by atoms with Crippen LogP contribution in [0.3, 0.4) is 0 Å². The van der Waals surface area contributed by atoms with Crippen molar-refractivity contribution in [2.45, 2.75) is 38.7 Å². The summed E-state index contributed by atoms with van der Waals surface area (Å²) in [5.74, 6) is 0.503. The normalized spacial score (nSPS) is 22.3. The third-order valence-electron chi connectivity index (χ3n) is 3.75. The van der Waals surface area contributed by atoms with Gasteiger partial charge in [0.25, 0.3) is 0 Å². The summed E-state index contributed by atoms with van der Waals surface area (Å²) in [5, 5.41) is 9.13. The van der Waals surface area contributed by atoms with E-state index in [4.69, 9.17) is 20.3 Å². The smallest absolute Gasteiger partial charge is 0.337 e. The number of anilines is 1. The van der Waals surface area contributed by atoms with Gasteiger partial charge in [-0.1, -0.05) is 13.3 Å². The lowest BCUT2D eigenvalue weighted by atomic mass is 9.88. The molecule has 0 radical (unpaired) electrons. The molecule has 1 fully saturated rings. The van der Waals surface area contributed by atoms with Crippen molar-refractivity contribution < 1.29 is 19.4 Å². The highest BCUT2D eigenvalue weighted by Gasteiger charge is 2.23. The number of ether oxygens (including phenoxy) is 2. The number of carboxylic acid groups (broad SMARTS) is 1. The van der Waals surface area contributed by atoms with Gasteiger partial charge in [-0.15, -0.1) is 0 Å². The molecule has 0 amide bonds. The van der Waals surface area contributed by atoms with E-state index in [1.807, 2.05) is 0 Å². The van der Waals surface area contributed by atoms with E-state index < -0.39 is 5.97 Å². The van der Waals surface area contributed by atoms with Gasteiger partial charge in [-0.2, -0.15) is 0 Å². The average Bonchev–Trinajstić information content (AvgIpc) is 2.40. The third-order valence-corrected chi connectivity index (χ3v) is 3.75. The SMILES string of the molecule is COc1cc(N)c(C(=O)O)cc1OC1CCCC(C)C1. The summed E-state index contributed by atoms with van der Waals surface area (Å²) >= 11 is 0. The van der Waals surface area contributed by atoms with Crippen LogP contribution in [-0.4, -0.2) is 24.3 Å². The van der Waals surface area contributed by atoms with Gasteiger partial charge in [-0.25, -0.2) is 4.79 Å². The minimum absolute atomic E-state index is 0.0460. The zero-order valence-corrected chi connectivity index (χ0v) is 11.9. The lowest BCUT2D eigenvalue weighted by Gasteiger charge is -2.28. The number of aromatic carboxylic acids is 1. The first kappa shape index (κ1) is 14.5. The van der Waals surface area contributed by atoms with Crippen LogP contribution in [0.2, 0.25) is 0 Å². The maximum Gasteiger partial charge on any atom is 0.337 e. The van der Waals surface area contributed by atoms with Gasteiger partial charge in [0.2, 0.25) is 0 Å². The number of hydrogen-bond acceptors (Lipinski definition) is 4. The molecule has 0 spiro atoms. The Morgan fingerprint density at radius 3 is 2.70 bits per heavy atom. The number of methoxy groups -OCH3 is 1. The molecule has 1 aromatic carbocycles. The number of carbonyl (C=O) groups is 1. The van der Waals surface area contributed by atoms with Crippen molar-refractivity contribution in [3.63, 3.8) is 0 Å². The Hall–Kier alpha value is -1.91. The van der Waals surface area contributed by atoms with E-state index in [2.05, 4.69) is 6.92 Å². The first-order valence-corrected chi connectivity index (χ1v) is 6.88. The largest absolute Gasteiger partial charge is 0.493 e. The highest BCUT2D eigenvalue weighted by molar-refractivity contribution is 5.94. The van der Waals surface area contributed by atoms with E-state index >= 15 is 0 Å². The quantitative estimate of drug-likeness (QED) is 0.828. The molecule has 0 aliphatic heterocycles. The van der Waals surface area contributed by atoms with Crippen molar-refractivity contribution in [2.24, 2.45) is 5.92 Å². The van der Waals surface area contributed by atoms with Crippen LogP contribution >= 0.6 is 0 Å². The Morgan fingerprint density at radius 2 is 2.10 bits per heavy atom. The summed E-state index contributed by atoms with van der Waals surface area (Å²) in [6.07, 6.45) is 4.43. The van der Waals surface area contributed by atoms with Gasteiger partial charge < -0.3 is 20.3 Å². The molecule has 2 unspecified atom stereocenters. The van der Waals surface area contributed by atoms with Crippen LogP contribution in [0.15, 0.2) is 12.1 Å². The number of rotatable bonds is 4. The van der Waals surface area contributed by atoms with Crippen molar-refractivity contribution in [2.75, 3.05) is 12.8 Å².